The fraction of sp³-hybridized carbons (Fsp3) is 1.00. The molecule has 1 nitrogen and oxygen atoms in total. The van der Waals surface area contributed by atoms with E-state index in [1.54, 1.807) is 0 Å². The average Bonchev–Trinajstić information content (AvgIpc) is 2.56. The molecule has 2 rings (SSSR count). The molecular weight excluding hydrogens is 170 g/mol. The molecule has 4 atom stereocenters. The van der Waals surface area contributed by atoms with Crippen LogP contribution in [0.4, 0.5) is 0 Å². The highest BCUT2D eigenvalue weighted by molar-refractivity contribution is 4.85. The van der Waals surface area contributed by atoms with Gasteiger partial charge in [0.15, 0.2) is 0 Å². The molecule has 2 aliphatic carbocycles. The van der Waals surface area contributed by atoms with E-state index in [-0.39, 0.29) is 0 Å². The van der Waals surface area contributed by atoms with Gasteiger partial charge in [-0.25, -0.2) is 0 Å². The van der Waals surface area contributed by atoms with Gasteiger partial charge in [0, 0.05) is 12.1 Å². The summed E-state index contributed by atoms with van der Waals surface area (Å²) in [6.07, 6.45) is 10.1. The van der Waals surface area contributed by atoms with Crippen LogP contribution in [0.25, 0.3) is 0 Å². The molecule has 1 N–H and O–H groups in total. The molecule has 0 radical (unpaired) electrons. The highest BCUT2D eigenvalue weighted by atomic mass is 15.0. The zero-order chi connectivity index (χ0) is 9.97. The number of hydrogen-bond acceptors (Lipinski definition) is 1. The first-order valence-corrected chi connectivity index (χ1v) is 6.51. The van der Waals surface area contributed by atoms with Gasteiger partial charge >= 0.3 is 0 Å². The summed E-state index contributed by atoms with van der Waals surface area (Å²) in [7, 11) is 0. The highest BCUT2D eigenvalue weighted by Gasteiger charge is 2.27. The third-order valence-corrected chi connectivity index (χ3v) is 4.26. The Balaban J connectivity index is 1.78. The van der Waals surface area contributed by atoms with Gasteiger partial charge in [-0.3, -0.25) is 0 Å². The standard InChI is InChI=1S/C13H25N/c1-10-7-8-12(9-10)14-13-6-4-3-5-11(13)2/h10-14H,3-9H2,1-2H3/t10-,11+,12+,13-/m1/s1. The van der Waals surface area contributed by atoms with Crippen LogP contribution < -0.4 is 5.32 Å². The van der Waals surface area contributed by atoms with Crippen molar-refractivity contribution in [2.24, 2.45) is 11.8 Å². The summed E-state index contributed by atoms with van der Waals surface area (Å²) in [6, 6.07) is 1.68. The lowest BCUT2D eigenvalue weighted by molar-refractivity contribution is 0.257. The fourth-order valence-corrected chi connectivity index (χ4v) is 3.23. The molecule has 2 fully saturated rings. The Morgan fingerprint density at radius 1 is 0.929 bits per heavy atom. The van der Waals surface area contributed by atoms with E-state index in [4.69, 9.17) is 0 Å². The van der Waals surface area contributed by atoms with Crippen LogP contribution in [0.3, 0.4) is 0 Å². The average molecular weight is 195 g/mol. The molecule has 0 aromatic rings. The Morgan fingerprint density at radius 3 is 2.36 bits per heavy atom. The van der Waals surface area contributed by atoms with E-state index in [1.807, 2.05) is 0 Å². The summed E-state index contributed by atoms with van der Waals surface area (Å²) in [4.78, 5) is 0. The van der Waals surface area contributed by atoms with Crippen molar-refractivity contribution in [2.75, 3.05) is 0 Å². The zero-order valence-corrected chi connectivity index (χ0v) is 9.76. The van der Waals surface area contributed by atoms with Crippen LogP contribution in [-0.4, -0.2) is 12.1 Å². The van der Waals surface area contributed by atoms with Crippen molar-refractivity contribution in [3.05, 3.63) is 0 Å². The number of nitrogens with one attached hydrogen (secondary N) is 1. The minimum Gasteiger partial charge on any atom is -0.311 e. The third-order valence-electron chi connectivity index (χ3n) is 4.26. The molecule has 0 aliphatic heterocycles. The second-order valence-electron chi connectivity index (χ2n) is 5.65. The monoisotopic (exact) mass is 195 g/mol. The van der Waals surface area contributed by atoms with Gasteiger partial charge in [0.1, 0.15) is 0 Å². The van der Waals surface area contributed by atoms with E-state index in [1.165, 1.54) is 44.9 Å². The lowest BCUT2D eigenvalue weighted by atomic mass is 9.85. The first-order valence-electron chi connectivity index (χ1n) is 6.51. The molecule has 2 saturated carbocycles. The molecule has 0 spiro atoms. The van der Waals surface area contributed by atoms with Crippen LogP contribution in [0.2, 0.25) is 0 Å². The van der Waals surface area contributed by atoms with E-state index in [0.717, 1.165) is 23.9 Å². The summed E-state index contributed by atoms with van der Waals surface area (Å²) in [5.74, 6) is 1.88. The van der Waals surface area contributed by atoms with E-state index in [0.29, 0.717) is 0 Å². The molecule has 0 aromatic carbocycles. The summed E-state index contributed by atoms with van der Waals surface area (Å²) in [6.45, 7) is 4.82. The second-order valence-corrected chi connectivity index (χ2v) is 5.65. The SMILES string of the molecule is C[C@@H]1CC[C@H](N[C@@H]2CCCC[C@@H]2C)C1. The number of hydrogen-bond donors (Lipinski definition) is 1. The third kappa shape index (κ3) is 2.50. The van der Waals surface area contributed by atoms with Gasteiger partial charge in [0.25, 0.3) is 0 Å². The smallest absolute Gasteiger partial charge is 0.00952 e. The fourth-order valence-electron chi connectivity index (χ4n) is 3.23. The maximum Gasteiger partial charge on any atom is 0.00952 e. The van der Waals surface area contributed by atoms with Crippen molar-refractivity contribution in [3.63, 3.8) is 0 Å². The van der Waals surface area contributed by atoms with Gasteiger partial charge < -0.3 is 5.32 Å². The maximum absolute atomic E-state index is 3.90. The van der Waals surface area contributed by atoms with Crippen LogP contribution in [-0.2, 0) is 0 Å². The zero-order valence-electron chi connectivity index (χ0n) is 9.76. The van der Waals surface area contributed by atoms with Crippen molar-refractivity contribution in [3.8, 4) is 0 Å². The van der Waals surface area contributed by atoms with E-state index in [9.17, 15) is 0 Å². The van der Waals surface area contributed by atoms with Crippen LogP contribution >= 0.6 is 0 Å². The van der Waals surface area contributed by atoms with E-state index < -0.39 is 0 Å². The molecule has 0 heterocycles. The van der Waals surface area contributed by atoms with Crippen molar-refractivity contribution in [1.29, 1.82) is 0 Å². The lowest BCUT2D eigenvalue weighted by Crippen LogP contribution is -2.42. The molecule has 1 heteroatoms. The maximum atomic E-state index is 3.90. The van der Waals surface area contributed by atoms with Crippen molar-refractivity contribution < 1.29 is 0 Å². The Bertz CT molecular complexity index is 178. The molecular formula is C13H25N. The number of rotatable bonds is 2. The Morgan fingerprint density at radius 2 is 1.71 bits per heavy atom. The predicted octanol–water partition coefficient (Wildman–Crippen LogP) is 3.34. The normalized spacial score (nSPS) is 44.1. The molecule has 82 valence electrons. The van der Waals surface area contributed by atoms with Gasteiger partial charge in [-0.05, 0) is 43.9 Å². The van der Waals surface area contributed by atoms with E-state index >= 15 is 0 Å². The topological polar surface area (TPSA) is 12.0 Å². The van der Waals surface area contributed by atoms with Crippen molar-refractivity contribution in [2.45, 2.75) is 70.9 Å². The summed E-state index contributed by atoms with van der Waals surface area (Å²) < 4.78 is 0. The van der Waals surface area contributed by atoms with E-state index in [2.05, 4.69) is 19.2 Å². The first kappa shape index (κ1) is 10.5. The quantitative estimate of drug-likeness (QED) is 0.712. The molecule has 0 saturated heterocycles. The molecule has 0 bridgehead atoms. The Kier molecular flexibility index (Phi) is 3.48. The molecule has 0 amide bonds. The van der Waals surface area contributed by atoms with Crippen LogP contribution in [0.5, 0.6) is 0 Å². The van der Waals surface area contributed by atoms with Gasteiger partial charge in [-0.15, -0.1) is 0 Å². The van der Waals surface area contributed by atoms with Gasteiger partial charge in [-0.2, -0.15) is 0 Å². The van der Waals surface area contributed by atoms with Gasteiger partial charge in [0.05, 0.1) is 0 Å². The Hall–Kier alpha value is -0.0400. The molecule has 2 aliphatic rings. The lowest BCUT2D eigenvalue weighted by Gasteiger charge is -2.32. The van der Waals surface area contributed by atoms with Crippen molar-refractivity contribution in [1.82, 2.24) is 5.32 Å². The first-order chi connectivity index (χ1) is 6.75. The largest absolute Gasteiger partial charge is 0.311 e. The predicted molar refractivity (Wildman–Crippen MR) is 61.4 cm³/mol. The van der Waals surface area contributed by atoms with Crippen LogP contribution in [0.1, 0.15) is 58.8 Å². The Labute approximate surface area is 88.7 Å². The molecule has 14 heavy (non-hydrogen) atoms. The minimum atomic E-state index is 0.832. The molecule has 0 unspecified atom stereocenters. The summed E-state index contributed by atoms with van der Waals surface area (Å²) in [5.41, 5.74) is 0. The summed E-state index contributed by atoms with van der Waals surface area (Å²) in [5, 5.41) is 3.90. The minimum absolute atomic E-state index is 0.832. The summed E-state index contributed by atoms with van der Waals surface area (Å²) >= 11 is 0. The van der Waals surface area contributed by atoms with Crippen LogP contribution in [0.15, 0.2) is 0 Å². The van der Waals surface area contributed by atoms with Crippen molar-refractivity contribution >= 4 is 0 Å². The van der Waals surface area contributed by atoms with Crippen LogP contribution in [0, 0.1) is 11.8 Å². The van der Waals surface area contributed by atoms with Gasteiger partial charge in [-0.1, -0.05) is 26.7 Å². The molecule has 0 aromatic heterocycles. The highest BCUT2D eigenvalue weighted by Crippen LogP contribution is 2.29. The second kappa shape index (κ2) is 4.65. The van der Waals surface area contributed by atoms with Gasteiger partial charge in [0.2, 0.25) is 0 Å².